The van der Waals surface area contributed by atoms with Crippen molar-refractivity contribution in [3.8, 4) is 11.5 Å². The second kappa shape index (κ2) is 5.64. The molecule has 1 aliphatic rings. The van der Waals surface area contributed by atoms with E-state index in [4.69, 9.17) is 4.74 Å². The molecule has 1 atom stereocenters. The molecule has 100 valence electrons. The SMILES string of the molecule is COc1cc2c(cc1O)CCCC2CCC(C)C. The van der Waals surface area contributed by atoms with E-state index in [0.29, 0.717) is 11.7 Å². The normalized spacial score (nSPS) is 18.8. The number of phenolic OH excluding ortho intramolecular Hbond substituents is 1. The van der Waals surface area contributed by atoms with Crippen molar-refractivity contribution in [2.24, 2.45) is 5.92 Å². The van der Waals surface area contributed by atoms with Gasteiger partial charge in [-0.1, -0.05) is 20.3 Å². The molecule has 0 heterocycles. The number of aromatic hydroxyl groups is 1. The van der Waals surface area contributed by atoms with Crippen LogP contribution in [-0.2, 0) is 6.42 Å². The number of rotatable bonds is 4. The minimum Gasteiger partial charge on any atom is -0.504 e. The van der Waals surface area contributed by atoms with Crippen molar-refractivity contribution in [3.05, 3.63) is 23.3 Å². The maximum Gasteiger partial charge on any atom is 0.160 e. The number of phenols is 1. The molecule has 1 aromatic rings. The lowest BCUT2D eigenvalue weighted by Gasteiger charge is -2.27. The number of benzene rings is 1. The van der Waals surface area contributed by atoms with Crippen LogP contribution >= 0.6 is 0 Å². The molecule has 0 radical (unpaired) electrons. The van der Waals surface area contributed by atoms with Crippen LogP contribution < -0.4 is 4.74 Å². The monoisotopic (exact) mass is 248 g/mol. The van der Waals surface area contributed by atoms with Crippen LogP contribution in [0.3, 0.4) is 0 Å². The summed E-state index contributed by atoms with van der Waals surface area (Å²) >= 11 is 0. The zero-order valence-corrected chi connectivity index (χ0v) is 11.7. The van der Waals surface area contributed by atoms with Crippen molar-refractivity contribution < 1.29 is 9.84 Å². The Labute approximate surface area is 110 Å². The number of aryl methyl sites for hydroxylation is 1. The van der Waals surface area contributed by atoms with Crippen molar-refractivity contribution in [3.63, 3.8) is 0 Å². The van der Waals surface area contributed by atoms with Gasteiger partial charge in [0.2, 0.25) is 0 Å². The lowest BCUT2D eigenvalue weighted by atomic mass is 9.79. The fraction of sp³-hybridized carbons (Fsp3) is 0.625. The van der Waals surface area contributed by atoms with Gasteiger partial charge in [0, 0.05) is 0 Å². The smallest absolute Gasteiger partial charge is 0.160 e. The Morgan fingerprint density at radius 1 is 1.39 bits per heavy atom. The first kappa shape index (κ1) is 13.3. The predicted molar refractivity (Wildman–Crippen MR) is 74.4 cm³/mol. The topological polar surface area (TPSA) is 29.5 Å². The predicted octanol–water partition coefficient (Wildman–Crippen LogP) is 4.26. The second-order valence-corrected chi connectivity index (χ2v) is 5.78. The van der Waals surface area contributed by atoms with Gasteiger partial charge in [-0.2, -0.15) is 0 Å². The van der Waals surface area contributed by atoms with Gasteiger partial charge in [-0.3, -0.25) is 0 Å². The molecule has 1 unspecified atom stereocenters. The van der Waals surface area contributed by atoms with Gasteiger partial charge in [-0.05, 0) is 60.8 Å². The highest BCUT2D eigenvalue weighted by Crippen LogP contribution is 2.40. The molecule has 18 heavy (non-hydrogen) atoms. The van der Waals surface area contributed by atoms with E-state index in [0.717, 1.165) is 12.3 Å². The second-order valence-electron chi connectivity index (χ2n) is 5.78. The summed E-state index contributed by atoms with van der Waals surface area (Å²) in [6.07, 6.45) is 6.12. The average molecular weight is 248 g/mol. The Hall–Kier alpha value is -1.18. The van der Waals surface area contributed by atoms with Gasteiger partial charge in [0.05, 0.1) is 7.11 Å². The van der Waals surface area contributed by atoms with Gasteiger partial charge >= 0.3 is 0 Å². The van der Waals surface area contributed by atoms with Gasteiger partial charge in [-0.25, -0.2) is 0 Å². The summed E-state index contributed by atoms with van der Waals surface area (Å²) in [6, 6.07) is 3.95. The maximum absolute atomic E-state index is 9.85. The molecule has 0 amide bonds. The molecule has 1 aromatic carbocycles. The number of fused-ring (bicyclic) bond motifs is 1. The molecule has 0 saturated carbocycles. The van der Waals surface area contributed by atoms with Crippen molar-refractivity contribution in [1.82, 2.24) is 0 Å². The van der Waals surface area contributed by atoms with Crippen LogP contribution in [0.1, 0.15) is 56.6 Å². The van der Waals surface area contributed by atoms with Crippen LogP contribution in [0, 0.1) is 5.92 Å². The molecular formula is C16H24O2. The number of methoxy groups -OCH3 is 1. The van der Waals surface area contributed by atoms with Gasteiger partial charge in [0.15, 0.2) is 11.5 Å². The molecule has 2 heteroatoms. The van der Waals surface area contributed by atoms with Gasteiger partial charge in [-0.15, -0.1) is 0 Å². The summed E-state index contributed by atoms with van der Waals surface area (Å²) in [7, 11) is 1.62. The minimum absolute atomic E-state index is 0.278. The minimum atomic E-state index is 0.278. The van der Waals surface area contributed by atoms with Crippen LogP contribution in [0.25, 0.3) is 0 Å². The van der Waals surface area contributed by atoms with Crippen molar-refractivity contribution >= 4 is 0 Å². The third-order valence-corrected chi connectivity index (χ3v) is 3.97. The average Bonchev–Trinajstić information content (AvgIpc) is 2.35. The summed E-state index contributed by atoms with van der Waals surface area (Å²) in [6.45, 7) is 4.56. The Morgan fingerprint density at radius 3 is 2.83 bits per heavy atom. The van der Waals surface area contributed by atoms with E-state index in [9.17, 15) is 5.11 Å². The van der Waals surface area contributed by atoms with E-state index < -0.39 is 0 Å². The molecule has 2 rings (SSSR count). The first-order chi connectivity index (χ1) is 8.61. The highest BCUT2D eigenvalue weighted by molar-refractivity contribution is 5.48. The van der Waals surface area contributed by atoms with Crippen molar-refractivity contribution in [2.75, 3.05) is 7.11 Å². The number of hydrogen-bond donors (Lipinski definition) is 1. The first-order valence-corrected chi connectivity index (χ1v) is 7.01. The highest BCUT2D eigenvalue weighted by Gasteiger charge is 2.22. The molecule has 0 aromatic heterocycles. The zero-order chi connectivity index (χ0) is 13.1. The summed E-state index contributed by atoms with van der Waals surface area (Å²) in [4.78, 5) is 0. The maximum atomic E-state index is 9.85. The summed E-state index contributed by atoms with van der Waals surface area (Å²) in [5, 5.41) is 9.85. The lowest BCUT2D eigenvalue weighted by molar-refractivity contribution is 0.369. The molecule has 0 aliphatic heterocycles. The lowest BCUT2D eigenvalue weighted by Crippen LogP contribution is -2.11. The van der Waals surface area contributed by atoms with Crippen LogP contribution in [0.4, 0.5) is 0 Å². The highest BCUT2D eigenvalue weighted by atomic mass is 16.5. The summed E-state index contributed by atoms with van der Waals surface area (Å²) < 4.78 is 5.23. The van der Waals surface area contributed by atoms with E-state index in [1.54, 1.807) is 7.11 Å². The Kier molecular flexibility index (Phi) is 4.15. The Morgan fingerprint density at radius 2 is 2.17 bits per heavy atom. The third kappa shape index (κ3) is 2.80. The molecule has 2 nitrogen and oxygen atoms in total. The fourth-order valence-corrected chi connectivity index (χ4v) is 2.92. The van der Waals surface area contributed by atoms with E-state index in [2.05, 4.69) is 19.9 Å². The van der Waals surface area contributed by atoms with Gasteiger partial charge < -0.3 is 9.84 Å². The first-order valence-electron chi connectivity index (χ1n) is 7.01. The molecular weight excluding hydrogens is 224 g/mol. The van der Waals surface area contributed by atoms with Crippen LogP contribution in [-0.4, -0.2) is 12.2 Å². The largest absolute Gasteiger partial charge is 0.504 e. The molecule has 0 fully saturated rings. The standard InChI is InChI=1S/C16H24O2/c1-11(2)7-8-12-5-4-6-13-9-15(17)16(18-3)10-14(12)13/h9-12,17H,4-8H2,1-3H3. The van der Waals surface area contributed by atoms with E-state index in [-0.39, 0.29) is 5.75 Å². The fourth-order valence-electron chi connectivity index (χ4n) is 2.92. The number of ether oxygens (including phenoxy) is 1. The molecule has 1 aliphatic carbocycles. The quantitative estimate of drug-likeness (QED) is 0.862. The molecule has 0 spiro atoms. The van der Waals surface area contributed by atoms with Crippen LogP contribution in [0.5, 0.6) is 11.5 Å². The van der Waals surface area contributed by atoms with Gasteiger partial charge in [0.25, 0.3) is 0 Å². The van der Waals surface area contributed by atoms with E-state index >= 15 is 0 Å². The molecule has 0 bridgehead atoms. The van der Waals surface area contributed by atoms with Crippen LogP contribution in [0.2, 0.25) is 0 Å². The Balaban J connectivity index is 2.24. The van der Waals surface area contributed by atoms with E-state index in [1.807, 2.05) is 6.07 Å². The van der Waals surface area contributed by atoms with Crippen molar-refractivity contribution in [1.29, 1.82) is 0 Å². The van der Waals surface area contributed by atoms with E-state index in [1.165, 1.54) is 36.8 Å². The zero-order valence-electron chi connectivity index (χ0n) is 11.7. The molecule has 0 saturated heterocycles. The summed E-state index contributed by atoms with van der Waals surface area (Å²) in [5.41, 5.74) is 2.71. The molecule has 1 N–H and O–H groups in total. The Bertz CT molecular complexity index is 410. The van der Waals surface area contributed by atoms with Gasteiger partial charge in [0.1, 0.15) is 0 Å². The summed E-state index contributed by atoms with van der Waals surface area (Å²) in [5.74, 6) is 2.30. The third-order valence-electron chi connectivity index (χ3n) is 3.97. The number of hydrogen-bond acceptors (Lipinski definition) is 2. The van der Waals surface area contributed by atoms with Crippen LogP contribution in [0.15, 0.2) is 12.1 Å². The van der Waals surface area contributed by atoms with Crippen molar-refractivity contribution in [2.45, 2.75) is 51.9 Å².